The number of benzene rings is 2. The molecule has 0 spiro atoms. The molecule has 2 aromatic carbocycles. The van der Waals surface area contributed by atoms with Crippen molar-refractivity contribution < 1.29 is 33.7 Å². The third-order valence-corrected chi connectivity index (χ3v) is 10.00. The number of nitrogens with zero attached hydrogens (tertiary/aromatic N) is 3. The number of carbonyl (C=O) groups excluding carboxylic acids is 2. The minimum absolute atomic E-state index is 0.0449. The Morgan fingerprint density at radius 1 is 1.04 bits per heavy atom. The van der Waals surface area contributed by atoms with Gasteiger partial charge in [0.2, 0.25) is 5.91 Å². The average Bonchev–Trinajstić information content (AvgIpc) is 3.61. The maximum atomic E-state index is 14.5. The van der Waals surface area contributed by atoms with Gasteiger partial charge in [-0.15, -0.1) is 0 Å². The topological polar surface area (TPSA) is 163 Å². The summed E-state index contributed by atoms with van der Waals surface area (Å²) in [6, 6.07) is 13.7. The first-order valence-corrected chi connectivity index (χ1v) is 17.9. The number of alkyl carbamates (subject to hydrolysis) is 1. The molecule has 276 valence electrons. The maximum absolute atomic E-state index is 14.5. The first-order valence-electron chi connectivity index (χ1n) is 17.9. The minimum Gasteiger partial charge on any atom is -0.480 e. The van der Waals surface area contributed by atoms with Crippen LogP contribution in [0.2, 0.25) is 0 Å². The van der Waals surface area contributed by atoms with Gasteiger partial charge in [0.15, 0.2) is 0 Å². The van der Waals surface area contributed by atoms with Gasteiger partial charge >= 0.3 is 12.1 Å². The van der Waals surface area contributed by atoms with Crippen LogP contribution in [0.25, 0.3) is 22.4 Å². The van der Waals surface area contributed by atoms with E-state index < -0.39 is 64.8 Å². The molecule has 12 nitrogen and oxygen atoms in total. The Bertz CT molecular complexity index is 1880. The highest BCUT2D eigenvalue weighted by atomic mass is 19.1. The Morgan fingerprint density at radius 2 is 1.77 bits per heavy atom. The molecule has 1 aliphatic carbocycles. The second kappa shape index (κ2) is 15.0. The summed E-state index contributed by atoms with van der Waals surface area (Å²) in [4.78, 5) is 55.8. The minimum atomic E-state index is -1.50. The van der Waals surface area contributed by atoms with E-state index in [9.17, 15) is 33.8 Å². The summed E-state index contributed by atoms with van der Waals surface area (Å²) in [5.41, 5.74) is -0.778. The Hall–Kier alpha value is -4.88. The van der Waals surface area contributed by atoms with Crippen LogP contribution in [0, 0.1) is 11.7 Å². The van der Waals surface area contributed by atoms with E-state index in [4.69, 9.17) is 9.84 Å². The monoisotopic (exact) mass is 715 g/mol. The molecule has 1 saturated heterocycles. The van der Waals surface area contributed by atoms with Crippen LogP contribution in [0.1, 0.15) is 71.8 Å². The molecule has 3 heterocycles. The van der Waals surface area contributed by atoms with Crippen molar-refractivity contribution in [3.05, 3.63) is 89.0 Å². The van der Waals surface area contributed by atoms with Crippen LogP contribution in [-0.2, 0) is 14.3 Å². The molecule has 2 unspecified atom stereocenters. The van der Waals surface area contributed by atoms with E-state index in [1.165, 1.54) is 33.8 Å². The van der Waals surface area contributed by atoms with Gasteiger partial charge in [0, 0.05) is 18.0 Å². The van der Waals surface area contributed by atoms with Crippen molar-refractivity contribution in [2.45, 2.75) is 101 Å². The summed E-state index contributed by atoms with van der Waals surface area (Å²) < 4.78 is 20.7. The lowest BCUT2D eigenvalue weighted by atomic mass is 10.0. The summed E-state index contributed by atoms with van der Waals surface area (Å²) in [5.74, 6) is -2.41. The first kappa shape index (κ1) is 36.9. The molecular weight excluding hydrogens is 669 g/mol. The summed E-state index contributed by atoms with van der Waals surface area (Å²) in [6.45, 7) is 5.10. The number of aliphatic hydroxyl groups excluding tert-OH is 1. The quantitative estimate of drug-likeness (QED) is 0.266. The number of hydrogen-bond acceptors (Lipinski definition) is 8. The van der Waals surface area contributed by atoms with Gasteiger partial charge in [-0.25, -0.2) is 13.9 Å². The van der Waals surface area contributed by atoms with Crippen LogP contribution >= 0.6 is 0 Å². The molecule has 6 atom stereocenters. The Labute approximate surface area is 301 Å². The standard InChI is InChI=1S/C39H46FN5O7/c1-38(2,3)52-37(51)41-30-15-11-6-4-5-10-14-26-22-39(26,36(49)50)42-33(46)32-20-28(23-44(32)35(30)48)45-34(47)29(24-16-18-27(40)19-17-24)21-31(43-45)25-12-8-7-9-13-25/h7-10,12-14,16-19,21,26,28,30,32-33,42,46H,4-6,11,15,20,22-23H2,1-3H3,(H,41,51)(H,49,50)/b14-10-/t26-,28+,30-,32?,33?,39+/m1/s1. The molecule has 4 N–H and O–H groups in total. The number of hydrogen-bond donors (Lipinski definition) is 4. The highest BCUT2D eigenvalue weighted by Gasteiger charge is 2.61. The Kier molecular flexibility index (Phi) is 10.6. The number of aliphatic carboxylic acids is 1. The van der Waals surface area contributed by atoms with Gasteiger partial charge in [-0.1, -0.05) is 67.5 Å². The van der Waals surface area contributed by atoms with E-state index in [-0.39, 0.29) is 30.9 Å². The van der Waals surface area contributed by atoms with E-state index >= 15 is 0 Å². The van der Waals surface area contributed by atoms with E-state index in [1.54, 1.807) is 26.8 Å². The van der Waals surface area contributed by atoms with Crippen LogP contribution in [-0.4, -0.2) is 78.9 Å². The fourth-order valence-electron chi connectivity index (χ4n) is 7.23. The number of amides is 2. The van der Waals surface area contributed by atoms with Gasteiger partial charge in [0.05, 0.1) is 23.3 Å². The average molecular weight is 716 g/mol. The fourth-order valence-corrected chi connectivity index (χ4v) is 7.23. The molecule has 0 bridgehead atoms. The van der Waals surface area contributed by atoms with Crippen molar-refractivity contribution in [3.63, 3.8) is 0 Å². The number of aromatic nitrogens is 2. The van der Waals surface area contributed by atoms with E-state index in [1.807, 2.05) is 42.5 Å². The van der Waals surface area contributed by atoms with Crippen LogP contribution in [0.4, 0.5) is 9.18 Å². The largest absolute Gasteiger partial charge is 0.480 e. The molecule has 3 aromatic rings. The molecule has 1 saturated carbocycles. The molecule has 3 aliphatic rings. The van der Waals surface area contributed by atoms with Crippen LogP contribution < -0.4 is 16.2 Å². The summed E-state index contributed by atoms with van der Waals surface area (Å²) >= 11 is 0. The first-order chi connectivity index (χ1) is 24.8. The smallest absolute Gasteiger partial charge is 0.408 e. The zero-order valence-electron chi connectivity index (χ0n) is 29.6. The van der Waals surface area contributed by atoms with Crippen LogP contribution in [0.3, 0.4) is 0 Å². The lowest BCUT2D eigenvalue weighted by Gasteiger charge is -2.33. The van der Waals surface area contributed by atoms with Gasteiger partial charge in [-0.3, -0.25) is 19.7 Å². The second-order valence-electron chi connectivity index (χ2n) is 15.0. The number of carbonyl (C=O) groups is 3. The third kappa shape index (κ3) is 8.10. The van der Waals surface area contributed by atoms with Crippen molar-refractivity contribution in [2.75, 3.05) is 6.54 Å². The van der Waals surface area contributed by atoms with Crippen LogP contribution in [0.15, 0.2) is 77.6 Å². The molecule has 13 heteroatoms. The third-order valence-electron chi connectivity index (χ3n) is 10.00. The summed E-state index contributed by atoms with van der Waals surface area (Å²) in [6.07, 6.45) is 5.10. The molecule has 2 amide bonds. The predicted octanol–water partition coefficient (Wildman–Crippen LogP) is 5.02. The number of carboxylic acid groups (broad SMARTS) is 1. The number of rotatable bonds is 5. The molecule has 0 radical (unpaired) electrons. The van der Waals surface area contributed by atoms with E-state index in [0.717, 1.165) is 24.8 Å². The molecule has 2 aliphatic heterocycles. The van der Waals surface area contributed by atoms with Crippen molar-refractivity contribution >= 4 is 18.0 Å². The highest BCUT2D eigenvalue weighted by Crippen LogP contribution is 2.46. The van der Waals surface area contributed by atoms with Gasteiger partial charge in [-0.05, 0) is 76.6 Å². The number of ether oxygens (including phenoxy) is 1. The lowest BCUT2D eigenvalue weighted by molar-refractivity contribution is -0.143. The maximum Gasteiger partial charge on any atom is 0.408 e. The summed E-state index contributed by atoms with van der Waals surface area (Å²) in [7, 11) is 0. The van der Waals surface area contributed by atoms with Crippen molar-refractivity contribution in [1.29, 1.82) is 0 Å². The Balaban J connectivity index is 1.41. The number of aliphatic hydroxyl groups is 1. The normalized spacial score (nSPS) is 27.4. The van der Waals surface area contributed by atoms with E-state index in [2.05, 4.69) is 10.6 Å². The zero-order chi connectivity index (χ0) is 37.2. The van der Waals surface area contributed by atoms with Gasteiger partial charge < -0.3 is 25.2 Å². The number of nitrogens with one attached hydrogen (secondary N) is 2. The van der Waals surface area contributed by atoms with Gasteiger partial charge in [0.1, 0.15) is 29.2 Å². The fraction of sp³-hybridized carbons (Fsp3) is 0.462. The second-order valence-corrected chi connectivity index (χ2v) is 15.0. The van der Waals surface area contributed by atoms with Crippen molar-refractivity contribution in [3.8, 4) is 22.4 Å². The predicted molar refractivity (Wildman–Crippen MR) is 191 cm³/mol. The number of carboxylic acids is 1. The van der Waals surface area contributed by atoms with Crippen LogP contribution in [0.5, 0.6) is 0 Å². The zero-order valence-corrected chi connectivity index (χ0v) is 29.6. The SMILES string of the molecule is CC(C)(C)OC(=O)N[C@@H]1CCCCC/C=C\[C@@H]2C[C@]2(C(=O)O)NC(O)C2C[C@H](n3nc(-c4ccccc4)cc(-c4ccc(F)cc4)c3=O)CN2C1=O. The van der Waals surface area contributed by atoms with Crippen molar-refractivity contribution in [1.82, 2.24) is 25.3 Å². The number of allylic oxidation sites excluding steroid dienone is 1. The van der Waals surface area contributed by atoms with Gasteiger partial charge in [0.25, 0.3) is 5.56 Å². The lowest BCUT2D eigenvalue weighted by Crippen LogP contribution is -2.58. The molecule has 52 heavy (non-hydrogen) atoms. The number of halogens is 1. The van der Waals surface area contributed by atoms with E-state index in [0.29, 0.717) is 24.1 Å². The molecule has 6 rings (SSSR count). The number of fused-ring (bicyclic) bond motifs is 2. The van der Waals surface area contributed by atoms with Crippen molar-refractivity contribution in [2.24, 2.45) is 5.92 Å². The summed E-state index contributed by atoms with van der Waals surface area (Å²) in [5, 5.41) is 32.5. The van der Waals surface area contributed by atoms with Gasteiger partial charge in [-0.2, -0.15) is 5.10 Å². The molecule has 1 aromatic heterocycles. The Morgan fingerprint density at radius 3 is 2.46 bits per heavy atom. The molecule has 2 fully saturated rings. The molecular formula is C39H46FN5O7. The highest BCUT2D eigenvalue weighted by molar-refractivity contribution is 5.86.